The highest BCUT2D eigenvalue weighted by atomic mass is 28.2. The van der Waals surface area contributed by atoms with Crippen LogP contribution in [0.15, 0.2) is 46.8 Å². The molecule has 0 aliphatic heterocycles. The van der Waals surface area contributed by atoms with Crippen molar-refractivity contribution in [3.63, 3.8) is 0 Å². The average molecular weight is 303 g/mol. The van der Waals surface area contributed by atoms with E-state index in [1.54, 1.807) is 21.5 Å². The van der Waals surface area contributed by atoms with Gasteiger partial charge in [-0.2, -0.15) is 0 Å². The van der Waals surface area contributed by atoms with Crippen molar-refractivity contribution < 1.29 is 0 Å². The molecule has 0 spiro atoms. The Balaban J connectivity index is 2.71. The van der Waals surface area contributed by atoms with E-state index >= 15 is 0 Å². The van der Waals surface area contributed by atoms with Crippen LogP contribution in [0.5, 0.6) is 0 Å². The van der Waals surface area contributed by atoms with Crippen molar-refractivity contribution in [1.82, 2.24) is 0 Å². The van der Waals surface area contributed by atoms with Crippen LogP contribution in [0, 0.1) is 0 Å². The van der Waals surface area contributed by atoms with Crippen molar-refractivity contribution in [2.45, 2.75) is 53.4 Å². The quantitative estimate of drug-likeness (QED) is 0.648. The molecule has 0 nitrogen and oxygen atoms in total. The third kappa shape index (κ3) is 6.06. The minimum Gasteiger partial charge on any atom is -0.0969 e. The normalized spacial score (nSPS) is 11.4. The molecule has 0 saturated carbocycles. The van der Waals surface area contributed by atoms with Crippen LogP contribution in [0.25, 0.3) is 0 Å². The number of allylic oxidation sites excluding steroid dienone is 2. The maximum absolute atomic E-state index is 2.56. The van der Waals surface area contributed by atoms with Crippen molar-refractivity contribution in [3.8, 4) is 0 Å². The Morgan fingerprint density at radius 2 is 1.20 bits per heavy atom. The van der Waals surface area contributed by atoms with Crippen LogP contribution in [0.3, 0.4) is 0 Å². The summed E-state index contributed by atoms with van der Waals surface area (Å²) in [5, 5.41) is 3.22. The Bertz CT molecular complexity index is 407. The molecule has 0 atom stereocenters. The first-order valence-electron chi connectivity index (χ1n) is 8.16. The van der Waals surface area contributed by atoms with Gasteiger partial charge in [0.15, 0.2) is 0 Å². The molecule has 0 saturated heterocycles. The lowest BCUT2D eigenvalue weighted by Gasteiger charge is -2.04. The first kappa shape index (κ1) is 17.2. The SMILES string of the molecule is CCC(=C[SiH2]c1cccc([SiH2]C=C(CC)CC)c1)CC. The molecule has 1 aromatic rings. The molecule has 0 aliphatic carbocycles. The fourth-order valence-electron chi connectivity index (χ4n) is 2.49. The van der Waals surface area contributed by atoms with E-state index < -0.39 is 0 Å². The van der Waals surface area contributed by atoms with Crippen LogP contribution in [-0.4, -0.2) is 19.0 Å². The first-order valence-corrected chi connectivity index (χ1v) is 11.2. The summed E-state index contributed by atoms with van der Waals surface area (Å²) in [6.45, 7) is 9.09. The Morgan fingerprint density at radius 3 is 1.55 bits per heavy atom. The lowest BCUT2D eigenvalue weighted by atomic mass is 10.2. The lowest BCUT2D eigenvalue weighted by Crippen LogP contribution is -2.22. The van der Waals surface area contributed by atoms with E-state index in [9.17, 15) is 0 Å². The molecule has 110 valence electrons. The number of rotatable bonds is 8. The molecular weight excluding hydrogens is 272 g/mol. The molecule has 1 rings (SSSR count). The molecule has 2 heteroatoms. The van der Waals surface area contributed by atoms with Gasteiger partial charge in [-0.1, -0.05) is 84.9 Å². The minimum absolute atomic E-state index is 0.210. The molecule has 1 aromatic carbocycles. The molecule has 0 radical (unpaired) electrons. The van der Waals surface area contributed by atoms with Crippen LogP contribution in [0.2, 0.25) is 0 Å². The summed E-state index contributed by atoms with van der Waals surface area (Å²) in [6, 6.07) is 9.40. The minimum atomic E-state index is -0.210. The maximum Gasteiger partial charge on any atom is 0.0782 e. The zero-order valence-corrected chi connectivity index (χ0v) is 16.5. The highest BCUT2D eigenvalue weighted by molar-refractivity contribution is 6.62. The maximum atomic E-state index is 2.56. The molecule has 0 fully saturated rings. The standard InChI is InChI=1S/C18H30Si2/c1-5-15(6-2)13-19-17-10-9-11-18(12-17)20-14-16(7-3)8-4/h9-14H,5-8,19-20H2,1-4H3. The lowest BCUT2D eigenvalue weighted by molar-refractivity contribution is 0.982. The number of benzene rings is 1. The fourth-order valence-corrected chi connectivity index (χ4v) is 6.28. The molecule has 0 bridgehead atoms. The third-order valence-electron chi connectivity index (χ3n) is 4.06. The van der Waals surface area contributed by atoms with E-state index in [0.717, 1.165) is 0 Å². The summed E-state index contributed by atoms with van der Waals surface area (Å²) in [6.07, 6.45) is 4.88. The zero-order valence-electron chi connectivity index (χ0n) is 13.7. The van der Waals surface area contributed by atoms with Gasteiger partial charge in [-0.05, 0) is 25.7 Å². The number of hydrogen-bond donors (Lipinski definition) is 0. The van der Waals surface area contributed by atoms with Gasteiger partial charge in [0.05, 0.1) is 19.0 Å². The zero-order chi connectivity index (χ0) is 14.8. The van der Waals surface area contributed by atoms with E-state index in [-0.39, 0.29) is 19.0 Å². The van der Waals surface area contributed by atoms with Crippen LogP contribution >= 0.6 is 0 Å². The summed E-state index contributed by atoms with van der Waals surface area (Å²) in [5.41, 5.74) is 8.39. The number of hydrogen-bond acceptors (Lipinski definition) is 0. The van der Waals surface area contributed by atoms with Crippen molar-refractivity contribution in [2.75, 3.05) is 0 Å². The van der Waals surface area contributed by atoms with E-state index in [4.69, 9.17) is 0 Å². The van der Waals surface area contributed by atoms with Gasteiger partial charge in [0.2, 0.25) is 0 Å². The summed E-state index contributed by atoms with van der Waals surface area (Å²) >= 11 is 0. The Labute approximate surface area is 130 Å². The summed E-state index contributed by atoms with van der Waals surface area (Å²) < 4.78 is 0. The van der Waals surface area contributed by atoms with Gasteiger partial charge < -0.3 is 0 Å². The summed E-state index contributed by atoms with van der Waals surface area (Å²) in [5.74, 6) is 0. The second-order valence-corrected chi connectivity index (χ2v) is 8.63. The molecule has 20 heavy (non-hydrogen) atoms. The van der Waals surface area contributed by atoms with Crippen molar-refractivity contribution in [2.24, 2.45) is 0 Å². The smallest absolute Gasteiger partial charge is 0.0782 e. The van der Waals surface area contributed by atoms with E-state index in [0.29, 0.717) is 0 Å². The van der Waals surface area contributed by atoms with E-state index in [2.05, 4.69) is 63.4 Å². The Kier molecular flexibility index (Phi) is 8.55. The van der Waals surface area contributed by atoms with Gasteiger partial charge in [0.25, 0.3) is 0 Å². The molecule has 0 aromatic heterocycles. The molecule has 0 aliphatic rings. The van der Waals surface area contributed by atoms with Crippen molar-refractivity contribution in [3.05, 3.63) is 46.8 Å². The van der Waals surface area contributed by atoms with Crippen molar-refractivity contribution in [1.29, 1.82) is 0 Å². The third-order valence-corrected chi connectivity index (χ3v) is 7.45. The van der Waals surface area contributed by atoms with Gasteiger partial charge in [-0.25, -0.2) is 0 Å². The van der Waals surface area contributed by atoms with E-state index in [1.165, 1.54) is 25.7 Å². The second-order valence-electron chi connectivity index (χ2n) is 5.37. The van der Waals surface area contributed by atoms with Gasteiger partial charge in [-0.15, -0.1) is 0 Å². The van der Waals surface area contributed by atoms with Gasteiger partial charge in [0, 0.05) is 0 Å². The largest absolute Gasteiger partial charge is 0.0969 e. The van der Waals surface area contributed by atoms with Crippen LogP contribution in [0.1, 0.15) is 53.4 Å². The van der Waals surface area contributed by atoms with Crippen LogP contribution in [0.4, 0.5) is 0 Å². The summed E-state index contributed by atoms with van der Waals surface area (Å²) in [7, 11) is -0.419. The Hall–Kier alpha value is -0.866. The average Bonchev–Trinajstić information content (AvgIpc) is 2.50. The molecule has 0 amide bonds. The summed E-state index contributed by atoms with van der Waals surface area (Å²) in [4.78, 5) is 0. The van der Waals surface area contributed by atoms with E-state index in [1.807, 2.05) is 0 Å². The molecular formula is C18H30Si2. The monoisotopic (exact) mass is 302 g/mol. The predicted octanol–water partition coefficient (Wildman–Crippen LogP) is 2.68. The van der Waals surface area contributed by atoms with Crippen LogP contribution in [-0.2, 0) is 0 Å². The van der Waals surface area contributed by atoms with Gasteiger partial charge >= 0.3 is 0 Å². The molecule has 0 unspecified atom stereocenters. The van der Waals surface area contributed by atoms with Gasteiger partial charge in [-0.3, -0.25) is 0 Å². The highest BCUT2D eigenvalue weighted by Gasteiger charge is 1.97. The van der Waals surface area contributed by atoms with Crippen molar-refractivity contribution >= 4 is 29.4 Å². The Morgan fingerprint density at radius 1 is 0.800 bits per heavy atom. The van der Waals surface area contributed by atoms with Crippen LogP contribution < -0.4 is 10.4 Å². The first-order chi connectivity index (χ1) is 9.73. The predicted molar refractivity (Wildman–Crippen MR) is 100 cm³/mol. The highest BCUT2D eigenvalue weighted by Crippen LogP contribution is 2.04. The topological polar surface area (TPSA) is 0 Å². The fraction of sp³-hybridized carbons (Fsp3) is 0.444. The molecule has 0 N–H and O–H groups in total. The molecule has 0 heterocycles. The van der Waals surface area contributed by atoms with Gasteiger partial charge in [0.1, 0.15) is 0 Å². The second kappa shape index (κ2) is 9.95.